The zero-order valence-corrected chi connectivity index (χ0v) is 32.0. The minimum atomic E-state index is -0.0747. The predicted molar refractivity (Wildman–Crippen MR) is 207 cm³/mol. The molecule has 10 heteroatoms. The summed E-state index contributed by atoms with van der Waals surface area (Å²) in [6.45, 7) is 2.92. The highest BCUT2D eigenvalue weighted by Crippen LogP contribution is 2.54. The van der Waals surface area contributed by atoms with Crippen LogP contribution in [-0.4, -0.2) is 65.4 Å². The van der Waals surface area contributed by atoms with Crippen LogP contribution in [0, 0.1) is 0 Å². The Morgan fingerprint density at radius 3 is 2.17 bits per heavy atom. The van der Waals surface area contributed by atoms with Crippen molar-refractivity contribution in [2.45, 2.75) is 50.9 Å². The smallest absolute Gasteiger partial charge is 0.204 e. The SMILES string of the molecule is COc1ccc2cc1Oc1ccc(cc1)C[C@H]1c3cc(c(OC)cc3CCN1C)Oc1c(OC)c(OC)c(CNCc3ccco3)c3c1[C@H](C2)N(C)CC3. The summed E-state index contributed by atoms with van der Waals surface area (Å²) in [6, 6.07) is 22.9. The van der Waals surface area contributed by atoms with E-state index >= 15 is 0 Å². The Morgan fingerprint density at radius 2 is 1.43 bits per heavy atom. The van der Waals surface area contributed by atoms with Gasteiger partial charge in [-0.25, -0.2) is 0 Å². The third-order valence-corrected chi connectivity index (χ3v) is 11.3. The van der Waals surface area contributed by atoms with E-state index in [1.54, 1.807) is 34.7 Å². The van der Waals surface area contributed by atoms with E-state index in [1.807, 2.05) is 18.2 Å². The molecule has 10 nitrogen and oxygen atoms in total. The standard InChI is InChI=1S/C44H49N3O7/c1-46-17-15-29-23-38(49-4)40-24-33(29)35(46)20-27-9-12-30(13-10-27)53-39-22-28(11-14-37(39)48-3)21-36-41-32(16-18-47(36)2)34(26-45-25-31-8-7-19-52-31)42(50-5)44(51-6)43(41)54-40/h7-14,19,22-24,35-36,45H,15-18,20-21,25-26H2,1-6H3/t35-,36-/m0/s1. The Kier molecular flexibility index (Phi) is 10.2. The zero-order valence-electron chi connectivity index (χ0n) is 32.0. The highest BCUT2D eigenvalue weighted by Gasteiger charge is 2.37. The van der Waals surface area contributed by atoms with Gasteiger partial charge in [0.2, 0.25) is 5.75 Å². The number of hydrogen-bond donors (Lipinski definition) is 1. The van der Waals surface area contributed by atoms with Crippen molar-refractivity contribution in [3.63, 3.8) is 0 Å². The molecule has 0 unspecified atom stereocenters. The van der Waals surface area contributed by atoms with Crippen LogP contribution in [-0.2, 0) is 38.8 Å². The van der Waals surface area contributed by atoms with Crippen LogP contribution in [0.2, 0.25) is 0 Å². The lowest BCUT2D eigenvalue weighted by Gasteiger charge is -2.38. The summed E-state index contributed by atoms with van der Waals surface area (Å²) in [4.78, 5) is 4.83. The molecule has 54 heavy (non-hydrogen) atoms. The van der Waals surface area contributed by atoms with Crippen LogP contribution >= 0.6 is 0 Å². The Bertz CT molecular complexity index is 2110. The number of nitrogens with one attached hydrogen (secondary N) is 1. The van der Waals surface area contributed by atoms with E-state index < -0.39 is 0 Å². The summed E-state index contributed by atoms with van der Waals surface area (Å²) < 4.78 is 43.7. The van der Waals surface area contributed by atoms with Crippen LogP contribution in [0.4, 0.5) is 0 Å². The molecule has 0 radical (unpaired) electrons. The molecule has 6 bridgehead atoms. The highest BCUT2D eigenvalue weighted by atomic mass is 16.5. The minimum absolute atomic E-state index is 0.0747. The van der Waals surface area contributed by atoms with Crippen molar-refractivity contribution in [2.24, 2.45) is 0 Å². The van der Waals surface area contributed by atoms with Crippen LogP contribution in [0.3, 0.4) is 0 Å². The molecule has 0 spiro atoms. The highest BCUT2D eigenvalue weighted by molar-refractivity contribution is 5.67. The number of methoxy groups -OCH3 is 4. The molecule has 0 fully saturated rings. The van der Waals surface area contributed by atoms with E-state index in [1.165, 1.54) is 22.3 Å². The zero-order chi connectivity index (χ0) is 37.3. The van der Waals surface area contributed by atoms with Gasteiger partial charge >= 0.3 is 0 Å². The molecular weight excluding hydrogens is 682 g/mol. The van der Waals surface area contributed by atoms with Gasteiger partial charge in [-0.05, 0) is 116 Å². The summed E-state index contributed by atoms with van der Waals surface area (Å²) in [7, 11) is 11.1. The Balaban J connectivity index is 1.34. The van der Waals surface area contributed by atoms with Gasteiger partial charge in [0, 0.05) is 42.8 Å². The van der Waals surface area contributed by atoms with Crippen molar-refractivity contribution >= 4 is 0 Å². The molecule has 1 aromatic heterocycles. The first-order valence-electron chi connectivity index (χ1n) is 18.6. The summed E-state index contributed by atoms with van der Waals surface area (Å²) >= 11 is 0. The maximum atomic E-state index is 7.21. The molecule has 4 aliphatic heterocycles. The van der Waals surface area contributed by atoms with E-state index in [2.05, 4.69) is 77.7 Å². The van der Waals surface area contributed by atoms with Crippen LogP contribution in [0.5, 0.6) is 46.0 Å². The predicted octanol–water partition coefficient (Wildman–Crippen LogP) is 8.05. The first kappa shape index (κ1) is 35.8. The van der Waals surface area contributed by atoms with Crippen molar-refractivity contribution in [3.8, 4) is 46.0 Å². The largest absolute Gasteiger partial charge is 0.493 e. The van der Waals surface area contributed by atoms with Gasteiger partial charge in [-0.1, -0.05) is 18.2 Å². The molecular formula is C44H49N3O7. The Morgan fingerprint density at radius 1 is 0.704 bits per heavy atom. The summed E-state index contributed by atoms with van der Waals surface area (Å²) in [5.74, 6) is 6.15. The summed E-state index contributed by atoms with van der Waals surface area (Å²) in [6.07, 6.45) is 4.93. The maximum absolute atomic E-state index is 7.21. The number of ether oxygens (including phenoxy) is 6. The van der Waals surface area contributed by atoms with Crippen molar-refractivity contribution in [2.75, 3.05) is 55.6 Å². The van der Waals surface area contributed by atoms with Crippen molar-refractivity contribution in [1.29, 1.82) is 0 Å². The molecule has 0 aliphatic carbocycles. The molecule has 0 saturated carbocycles. The van der Waals surface area contributed by atoms with E-state index in [9.17, 15) is 0 Å². The number of hydrogen-bond acceptors (Lipinski definition) is 10. The normalized spacial score (nSPS) is 18.1. The second kappa shape index (κ2) is 15.3. The molecule has 2 atom stereocenters. The average molecular weight is 732 g/mol. The van der Waals surface area contributed by atoms with Crippen LogP contribution in [0.15, 0.2) is 77.4 Å². The minimum Gasteiger partial charge on any atom is -0.493 e. The molecule has 5 aromatic rings. The van der Waals surface area contributed by atoms with Crippen LogP contribution in [0.1, 0.15) is 56.8 Å². The van der Waals surface area contributed by atoms with Gasteiger partial charge in [-0.2, -0.15) is 0 Å². The van der Waals surface area contributed by atoms with Gasteiger partial charge in [-0.15, -0.1) is 0 Å². The Hall–Kier alpha value is -5.16. The van der Waals surface area contributed by atoms with E-state index in [4.69, 9.17) is 32.8 Å². The fourth-order valence-electron chi connectivity index (χ4n) is 8.42. The van der Waals surface area contributed by atoms with E-state index in [0.717, 1.165) is 60.6 Å². The molecule has 1 N–H and O–H groups in total. The lowest BCUT2D eigenvalue weighted by molar-refractivity contribution is 0.219. The monoisotopic (exact) mass is 731 g/mol. The Labute approximate surface area is 317 Å². The summed E-state index contributed by atoms with van der Waals surface area (Å²) in [5.41, 5.74) is 8.12. The van der Waals surface area contributed by atoms with Crippen molar-refractivity contribution in [3.05, 3.63) is 118 Å². The third-order valence-electron chi connectivity index (χ3n) is 11.3. The number of furan rings is 1. The second-order valence-corrected chi connectivity index (χ2v) is 14.4. The fourth-order valence-corrected chi connectivity index (χ4v) is 8.42. The number of rotatable bonds is 8. The average Bonchev–Trinajstić information content (AvgIpc) is 3.71. The third kappa shape index (κ3) is 6.74. The van der Waals surface area contributed by atoms with Gasteiger partial charge in [0.15, 0.2) is 34.5 Å². The van der Waals surface area contributed by atoms with Crippen molar-refractivity contribution < 1.29 is 32.8 Å². The quantitative estimate of drug-likeness (QED) is 0.169. The van der Waals surface area contributed by atoms with Gasteiger partial charge in [0.1, 0.15) is 11.5 Å². The van der Waals surface area contributed by atoms with Crippen LogP contribution in [0.25, 0.3) is 0 Å². The topological polar surface area (TPSA) is 87.0 Å². The number of fused-ring (bicyclic) bond motifs is 2. The molecule has 4 aromatic carbocycles. The maximum Gasteiger partial charge on any atom is 0.204 e. The van der Waals surface area contributed by atoms with Gasteiger partial charge < -0.3 is 38.2 Å². The number of likely N-dealkylation sites (N-methyl/N-ethyl adjacent to an activating group) is 2. The number of benzene rings is 4. The first-order valence-corrected chi connectivity index (χ1v) is 18.6. The van der Waals surface area contributed by atoms with E-state index in [-0.39, 0.29) is 12.1 Å². The van der Waals surface area contributed by atoms with Gasteiger partial charge in [0.05, 0.1) is 41.2 Å². The van der Waals surface area contributed by atoms with Crippen molar-refractivity contribution in [1.82, 2.24) is 15.1 Å². The number of nitrogens with zero attached hydrogens (tertiary/aromatic N) is 2. The molecule has 5 heterocycles. The molecule has 9 rings (SSSR count). The van der Waals surface area contributed by atoms with Crippen LogP contribution < -0.4 is 33.7 Å². The lowest BCUT2D eigenvalue weighted by Crippen LogP contribution is -2.35. The molecule has 282 valence electrons. The van der Waals surface area contributed by atoms with E-state index in [0.29, 0.717) is 59.8 Å². The molecule has 0 amide bonds. The summed E-state index contributed by atoms with van der Waals surface area (Å²) in [5, 5.41) is 3.60. The molecule has 4 aliphatic rings. The van der Waals surface area contributed by atoms with Gasteiger partial charge in [-0.3, -0.25) is 9.80 Å². The second-order valence-electron chi connectivity index (χ2n) is 14.4. The lowest BCUT2D eigenvalue weighted by atomic mass is 9.84. The molecule has 0 saturated heterocycles. The first-order chi connectivity index (χ1) is 26.4. The van der Waals surface area contributed by atoms with Gasteiger partial charge in [0.25, 0.3) is 0 Å². The fraction of sp³-hybridized carbons (Fsp3) is 0.364.